The van der Waals surface area contributed by atoms with Crippen molar-refractivity contribution in [1.29, 1.82) is 0 Å². The van der Waals surface area contributed by atoms with Crippen LogP contribution in [0.15, 0.2) is 42.1 Å². The largest absolute Gasteiger partial charge is 0.455 e. The summed E-state index contributed by atoms with van der Waals surface area (Å²) in [4.78, 5) is 38.9. The summed E-state index contributed by atoms with van der Waals surface area (Å²) in [5.74, 6) is -1.87. The highest BCUT2D eigenvalue weighted by Gasteiger charge is 2.33. The molecule has 0 saturated carbocycles. The van der Waals surface area contributed by atoms with Crippen LogP contribution in [0.5, 0.6) is 0 Å². The monoisotopic (exact) mass is 410 g/mol. The number of amides is 3. The number of carbonyl (C=O) groups is 3. The van der Waals surface area contributed by atoms with Crippen molar-refractivity contribution in [2.24, 2.45) is 5.92 Å². The van der Waals surface area contributed by atoms with E-state index in [0.717, 1.165) is 0 Å². The molecule has 0 atom stereocenters. The van der Waals surface area contributed by atoms with E-state index in [0.29, 0.717) is 0 Å². The van der Waals surface area contributed by atoms with Crippen molar-refractivity contribution in [1.82, 2.24) is 19.9 Å². The van der Waals surface area contributed by atoms with Gasteiger partial charge in [-0.25, -0.2) is 13.2 Å². The number of aromatic nitrogens is 1. The summed E-state index contributed by atoms with van der Waals surface area (Å²) < 4.78 is 31.3. The van der Waals surface area contributed by atoms with Crippen molar-refractivity contribution in [3.05, 3.63) is 37.2 Å². The Kier molecular flexibility index (Phi) is 7.64. The second-order valence-electron chi connectivity index (χ2n) is 6.02. The Morgan fingerprint density at radius 2 is 2.04 bits per heavy atom. The lowest BCUT2D eigenvalue weighted by molar-refractivity contribution is -0.153. The van der Waals surface area contributed by atoms with Gasteiger partial charge in [-0.05, 0) is 25.0 Å². The van der Waals surface area contributed by atoms with Gasteiger partial charge in [0.05, 0.1) is 5.92 Å². The summed E-state index contributed by atoms with van der Waals surface area (Å²) >= 11 is 0. The molecule has 2 heterocycles. The smallest absolute Gasteiger partial charge is 0.321 e. The first-order valence-corrected chi connectivity index (χ1v) is 10.0. The van der Waals surface area contributed by atoms with Gasteiger partial charge in [-0.3, -0.25) is 19.9 Å². The summed E-state index contributed by atoms with van der Waals surface area (Å²) in [7, 11) is -3.65. The highest BCUT2D eigenvalue weighted by atomic mass is 32.2. The van der Waals surface area contributed by atoms with Crippen LogP contribution in [0, 0.1) is 5.92 Å². The number of piperidine rings is 1. The quantitative estimate of drug-likeness (QED) is 0.478. The Balaban J connectivity index is 1.78. The number of ether oxygens (including phenoxy) is 1. The van der Waals surface area contributed by atoms with Gasteiger partial charge in [0.1, 0.15) is 4.90 Å². The number of rotatable bonds is 7. The van der Waals surface area contributed by atoms with Crippen LogP contribution in [0.2, 0.25) is 0 Å². The van der Waals surface area contributed by atoms with Crippen LogP contribution >= 0.6 is 0 Å². The predicted octanol–water partition coefficient (Wildman–Crippen LogP) is 0.0373. The first-order chi connectivity index (χ1) is 13.3. The van der Waals surface area contributed by atoms with Crippen LogP contribution in [0.4, 0.5) is 4.79 Å². The molecule has 1 aromatic rings. The zero-order valence-corrected chi connectivity index (χ0v) is 16.0. The average Bonchev–Trinajstić information content (AvgIpc) is 2.71. The zero-order chi connectivity index (χ0) is 20.6. The Hall–Kier alpha value is -2.79. The van der Waals surface area contributed by atoms with Crippen LogP contribution in [-0.2, 0) is 24.3 Å². The molecule has 0 spiro atoms. The molecule has 152 valence electrons. The first-order valence-electron chi connectivity index (χ1n) is 8.60. The van der Waals surface area contributed by atoms with E-state index in [-0.39, 0.29) is 37.4 Å². The second-order valence-corrected chi connectivity index (χ2v) is 7.96. The topological polar surface area (TPSA) is 135 Å². The third kappa shape index (κ3) is 5.86. The minimum atomic E-state index is -3.65. The number of carbonyl (C=O) groups excluding carboxylic acids is 3. The summed E-state index contributed by atoms with van der Waals surface area (Å²) in [5.41, 5.74) is 0. The van der Waals surface area contributed by atoms with Gasteiger partial charge in [-0.15, -0.1) is 6.58 Å². The maximum absolute atomic E-state index is 12.5. The molecule has 28 heavy (non-hydrogen) atoms. The fourth-order valence-corrected chi connectivity index (χ4v) is 4.04. The molecule has 0 aromatic carbocycles. The predicted molar refractivity (Wildman–Crippen MR) is 98.4 cm³/mol. The van der Waals surface area contributed by atoms with E-state index in [1.165, 1.54) is 28.8 Å². The molecule has 2 N–H and O–H groups in total. The Morgan fingerprint density at radius 3 is 2.64 bits per heavy atom. The fourth-order valence-electron chi connectivity index (χ4n) is 2.61. The molecule has 0 bridgehead atoms. The molecular formula is C17H22N4O6S. The minimum Gasteiger partial charge on any atom is -0.455 e. The van der Waals surface area contributed by atoms with Crippen LogP contribution in [0.1, 0.15) is 12.8 Å². The number of pyridine rings is 1. The van der Waals surface area contributed by atoms with E-state index in [1.807, 2.05) is 5.32 Å². The van der Waals surface area contributed by atoms with Crippen molar-refractivity contribution in [2.45, 2.75) is 17.7 Å². The zero-order valence-electron chi connectivity index (χ0n) is 15.2. The van der Waals surface area contributed by atoms with Crippen LogP contribution in [-0.4, -0.2) is 61.9 Å². The molecular weight excluding hydrogens is 388 g/mol. The van der Waals surface area contributed by atoms with Crippen LogP contribution < -0.4 is 10.6 Å². The maximum Gasteiger partial charge on any atom is 0.321 e. The van der Waals surface area contributed by atoms with Gasteiger partial charge in [0.2, 0.25) is 10.0 Å². The lowest BCUT2D eigenvalue weighted by Crippen LogP contribution is -2.43. The van der Waals surface area contributed by atoms with Crippen molar-refractivity contribution in [3.8, 4) is 0 Å². The van der Waals surface area contributed by atoms with Crippen molar-refractivity contribution < 1.29 is 27.5 Å². The molecule has 0 radical (unpaired) electrons. The SMILES string of the molecule is C=CCNC(=O)NC(=O)COC(=O)C1CCN(S(=O)(=O)c2cccnc2)CC1. The summed E-state index contributed by atoms with van der Waals surface area (Å²) in [5, 5.41) is 4.36. The van der Waals surface area contributed by atoms with Gasteiger partial charge < -0.3 is 10.1 Å². The molecule has 0 aliphatic carbocycles. The van der Waals surface area contributed by atoms with E-state index >= 15 is 0 Å². The van der Waals surface area contributed by atoms with Crippen molar-refractivity contribution in [2.75, 3.05) is 26.2 Å². The van der Waals surface area contributed by atoms with E-state index in [4.69, 9.17) is 4.74 Å². The Morgan fingerprint density at radius 1 is 1.32 bits per heavy atom. The second kappa shape index (κ2) is 9.95. The Labute approximate surface area is 163 Å². The molecule has 3 amide bonds. The number of nitrogens with zero attached hydrogens (tertiary/aromatic N) is 2. The lowest BCUT2D eigenvalue weighted by Gasteiger charge is -2.29. The maximum atomic E-state index is 12.5. The summed E-state index contributed by atoms with van der Waals surface area (Å²) in [6.07, 6.45) is 4.77. The van der Waals surface area contributed by atoms with E-state index in [2.05, 4.69) is 16.9 Å². The lowest BCUT2D eigenvalue weighted by atomic mass is 9.98. The number of sulfonamides is 1. The molecule has 1 saturated heterocycles. The number of esters is 1. The first kappa shape index (κ1) is 21.5. The minimum absolute atomic E-state index is 0.0995. The number of imide groups is 1. The number of nitrogens with one attached hydrogen (secondary N) is 2. The van der Waals surface area contributed by atoms with E-state index in [9.17, 15) is 22.8 Å². The highest BCUT2D eigenvalue weighted by Crippen LogP contribution is 2.24. The Bertz CT molecular complexity index is 819. The molecule has 2 rings (SSSR count). The number of hydrogen-bond acceptors (Lipinski definition) is 7. The van der Waals surface area contributed by atoms with Gasteiger partial charge in [0.25, 0.3) is 5.91 Å². The van der Waals surface area contributed by atoms with Crippen LogP contribution in [0.3, 0.4) is 0 Å². The van der Waals surface area contributed by atoms with Gasteiger partial charge in [-0.2, -0.15) is 4.31 Å². The normalized spacial score (nSPS) is 15.4. The van der Waals surface area contributed by atoms with Crippen molar-refractivity contribution >= 4 is 27.9 Å². The summed E-state index contributed by atoms with van der Waals surface area (Å²) in [6.45, 7) is 3.34. The van der Waals surface area contributed by atoms with Gasteiger partial charge in [0.15, 0.2) is 6.61 Å². The number of hydrogen-bond donors (Lipinski definition) is 2. The van der Waals surface area contributed by atoms with E-state index in [1.54, 1.807) is 6.07 Å². The third-order valence-corrected chi connectivity index (χ3v) is 5.95. The van der Waals surface area contributed by atoms with Gasteiger partial charge >= 0.3 is 12.0 Å². The molecule has 1 fully saturated rings. The molecule has 0 unspecified atom stereocenters. The summed E-state index contributed by atoms with van der Waals surface area (Å²) in [6, 6.07) is 2.29. The fraction of sp³-hybridized carbons (Fsp3) is 0.412. The average molecular weight is 410 g/mol. The van der Waals surface area contributed by atoms with Crippen LogP contribution in [0.25, 0.3) is 0 Å². The van der Waals surface area contributed by atoms with Gasteiger partial charge in [0, 0.05) is 32.0 Å². The van der Waals surface area contributed by atoms with Gasteiger partial charge in [-0.1, -0.05) is 6.08 Å². The molecule has 1 aliphatic rings. The molecule has 1 aromatic heterocycles. The third-order valence-electron chi connectivity index (χ3n) is 4.06. The standard InChI is InChI=1S/C17H22N4O6S/c1-2-7-19-17(24)20-15(22)12-27-16(23)13-5-9-21(10-6-13)28(25,26)14-4-3-8-18-11-14/h2-4,8,11,13H,1,5-7,9-10,12H2,(H2,19,20,22,24). The van der Waals surface area contributed by atoms with E-state index < -0.39 is 40.5 Å². The highest BCUT2D eigenvalue weighted by molar-refractivity contribution is 7.89. The van der Waals surface area contributed by atoms with Crippen molar-refractivity contribution in [3.63, 3.8) is 0 Å². The number of urea groups is 1. The molecule has 11 heteroatoms. The molecule has 1 aliphatic heterocycles. The molecule has 10 nitrogen and oxygen atoms in total.